The number of halogens is 1. The van der Waals surface area contributed by atoms with E-state index in [-0.39, 0.29) is 30.9 Å². The van der Waals surface area contributed by atoms with Crippen LogP contribution in [0.5, 0.6) is 0 Å². The van der Waals surface area contributed by atoms with E-state index in [0.29, 0.717) is 24.1 Å². The quantitative estimate of drug-likeness (QED) is 0.266. The van der Waals surface area contributed by atoms with Crippen LogP contribution in [0.2, 0.25) is 0 Å². The zero-order chi connectivity index (χ0) is 37.2. The predicted molar refractivity (Wildman–Crippen MR) is 191 cm³/mol. The van der Waals surface area contributed by atoms with Gasteiger partial charge in [0.05, 0.1) is 23.3 Å². The van der Waals surface area contributed by atoms with E-state index in [2.05, 4.69) is 10.6 Å². The molecule has 1 aromatic heterocycles. The van der Waals surface area contributed by atoms with Gasteiger partial charge in [-0.25, -0.2) is 13.9 Å². The van der Waals surface area contributed by atoms with E-state index < -0.39 is 64.8 Å². The van der Waals surface area contributed by atoms with Crippen molar-refractivity contribution in [1.82, 2.24) is 25.3 Å². The maximum absolute atomic E-state index is 14.5. The molecule has 6 atom stereocenters. The van der Waals surface area contributed by atoms with Gasteiger partial charge in [0.1, 0.15) is 29.2 Å². The number of carboxylic acids is 1. The van der Waals surface area contributed by atoms with Gasteiger partial charge < -0.3 is 25.2 Å². The summed E-state index contributed by atoms with van der Waals surface area (Å²) in [5.41, 5.74) is -0.778. The van der Waals surface area contributed by atoms with Gasteiger partial charge in [-0.3, -0.25) is 19.7 Å². The standard InChI is InChI=1S/C39H46FN5O7/c1-38(2,3)52-37(51)41-30-15-11-6-4-5-10-14-26-22-39(26,36(49)50)42-33(46)32-20-28(23-44(32)35(30)48)45-34(47)29(24-16-18-27(40)19-17-24)21-31(43-45)25-12-8-7-9-13-25/h7-10,12-14,16-19,21,26,28,30,32-33,42,46H,4-6,11,15,20,22-23H2,1-3H3,(H,41,51)(H,49,50)/b14-10-/t26-,28-,30+,32?,33-,39-/m0/s1. The molecule has 12 nitrogen and oxygen atoms in total. The first-order chi connectivity index (χ1) is 24.8. The number of benzene rings is 2. The number of nitrogens with one attached hydrogen (secondary N) is 2. The number of hydrogen-bond acceptors (Lipinski definition) is 8. The topological polar surface area (TPSA) is 163 Å². The summed E-state index contributed by atoms with van der Waals surface area (Å²) in [6.45, 7) is 5.10. The fourth-order valence-corrected chi connectivity index (χ4v) is 7.23. The second-order valence-corrected chi connectivity index (χ2v) is 15.0. The summed E-state index contributed by atoms with van der Waals surface area (Å²) in [6.07, 6.45) is 5.10. The molecule has 1 aliphatic carbocycles. The minimum Gasteiger partial charge on any atom is -0.480 e. The third-order valence-electron chi connectivity index (χ3n) is 10.00. The van der Waals surface area contributed by atoms with E-state index in [1.165, 1.54) is 33.8 Å². The van der Waals surface area contributed by atoms with Gasteiger partial charge in [-0.2, -0.15) is 5.10 Å². The number of allylic oxidation sites excluding steroid dienone is 1. The Morgan fingerprint density at radius 1 is 1.04 bits per heavy atom. The summed E-state index contributed by atoms with van der Waals surface area (Å²) in [6, 6.07) is 13.7. The van der Waals surface area contributed by atoms with Gasteiger partial charge >= 0.3 is 12.1 Å². The molecule has 13 heteroatoms. The lowest BCUT2D eigenvalue weighted by atomic mass is 10.0. The number of aliphatic carboxylic acids is 1. The van der Waals surface area contributed by atoms with Crippen molar-refractivity contribution < 1.29 is 33.7 Å². The molecule has 2 aliphatic heterocycles. The zero-order valence-electron chi connectivity index (χ0n) is 29.6. The first-order valence-corrected chi connectivity index (χ1v) is 17.9. The average Bonchev–Trinajstić information content (AvgIpc) is 3.61. The van der Waals surface area contributed by atoms with Crippen molar-refractivity contribution in [3.05, 3.63) is 89.0 Å². The number of nitrogens with zero attached hydrogens (tertiary/aromatic N) is 3. The number of aliphatic hydroxyl groups excluding tert-OH is 1. The zero-order valence-corrected chi connectivity index (χ0v) is 29.6. The number of rotatable bonds is 5. The summed E-state index contributed by atoms with van der Waals surface area (Å²) >= 11 is 0. The highest BCUT2D eigenvalue weighted by atomic mass is 19.1. The summed E-state index contributed by atoms with van der Waals surface area (Å²) < 4.78 is 20.7. The number of aromatic nitrogens is 2. The monoisotopic (exact) mass is 715 g/mol. The molecule has 0 spiro atoms. The first-order valence-electron chi connectivity index (χ1n) is 17.9. The molecule has 2 aromatic carbocycles. The average molecular weight is 716 g/mol. The van der Waals surface area contributed by atoms with Crippen LogP contribution in [0.4, 0.5) is 9.18 Å². The van der Waals surface area contributed by atoms with E-state index in [1.807, 2.05) is 42.5 Å². The summed E-state index contributed by atoms with van der Waals surface area (Å²) in [5.74, 6) is -2.41. The van der Waals surface area contributed by atoms with Crippen LogP contribution in [0.3, 0.4) is 0 Å². The molecule has 276 valence electrons. The van der Waals surface area contributed by atoms with E-state index in [0.717, 1.165) is 24.8 Å². The highest BCUT2D eigenvalue weighted by Gasteiger charge is 2.61. The van der Waals surface area contributed by atoms with Crippen LogP contribution in [0.25, 0.3) is 22.4 Å². The number of carbonyl (C=O) groups excluding carboxylic acids is 2. The lowest BCUT2D eigenvalue weighted by Crippen LogP contribution is -2.58. The summed E-state index contributed by atoms with van der Waals surface area (Å²) in [7, 11) is 0. The molecule has 1 unspecified atom stereocenters. The number of hydrogen-bond donors (Lipinski definition) is 4. The second kappa shape index (κ2) is 15.0. The van der Waals surface area contributed by atoms with Gasteiger partial charge in [-0.05, 0) is 76.6 Å². The molecule has 2 fully saturated rings. The van der Waals surface area contributed by atoms with Crippen molar-refractivity contribution in [3.63, 3.8) is 0 Å². The Labute approximate surface area is 301 Å². The molecule has 6 rings (SSSR count). The van der Waals surface area contributed by atoms with Gasteiger partial charge in [0, 0.05) is 18.0 Å². The summed E-state index contributed by atoms with van der Waals surface area (Å²) in [5, 5.41) is 32.5. The first kappa shape index (κ1) is 36.9. The molecule has 3 heterocycles. The van der Waals surface area contributed by atoms with Crippen molar-refractivity contribution in [2.45, 2.75) is 101 Å². The molecule has 4 N–H and O–H groups in total. The van der Waals surface area contributed by atoms with Crippen LogP contribution in [0.15, 0.2) is 77.6 Å². The Balaban J connectivity index is 1.41. The number of ether oxygens (including phenoxy) is 1. The molecule has 0 radical (unpaired) electrons. The number of fused-ring (bicyclic) bond motifs is 2. The van der Waals surface area contributed by atoms with Gasteiger partial charge in [0.15, 0.2) is 0 Å². The van der Waals surface area contributed by atoms with Gasteiger partial charge in [0.25, 0.3) is 5.56 Å². The number of aliphatic hydroxyl groups is 1. The molecule has 3 aliphatic rings. The maximum Gasteiger partial charge on any atom is 0.408 e. The molecule has 2 amide bonds. The highest BCUT2D eigenvalue weighted by Crippen LogP contribution is 2.46. The number of carboxylic acid groups (broad SMARTS) is 1. The van der Waals surface area contributed by atoms with Crippen LogP contribution in [-0.2, 0) is 14.3 Å². The van der Waals surface area contributed by atoms with Crippen molar-refractivity contribution in [3.8, 4) is 22.4 Å². The largest absolute Gasteiger partial charge is 0.480 e. The lowest BCUT2D eigenvalue weighted by molar-refractivity contribution is -0.143. The fourth-order valence-electron chi connectivity index (χ4n) is 7.23. The highest BCUT2D eigenvalue weighted by molar-refractivity contribution is 5.86. The van der Waals surface area contributed by atoms with E-state index in [9.17, 15) is 33.8 Å². The third-order valence-corrected chi connectivity index (χ3v) is 10.00. The van der Waals surface area contributed by atoms with Crippen LogP contribution in [0.1, 0.15) is 71.8 Å². The fraction of sp³-hybridized carbons (Fsp3) is 0.462. The minimum atomic E-state index is -1.50. The van der Waals surface area contributed by atoms with Crippen LogP contribution < -0.4 is 16.2 Å². The SMILES string of the molecule is CC(C)(C)OC(=O)N[C@@H]1CCCCC/C=C\[C@H]2C[C@]2(C(=O)O)N[C@@H](O)C2C[C@H](n3nc(-c4ccccc4)cc(-c4ccc(F)cc4)c3=O)CN2C1=O. The molecular formula is C39H46FN5O7. The minimum absolute atomic E-state index is 0.0449. The van der Waals surface area contributed by atoms with Gasteiger partial charge in [-0.1, -0.05) is 67.5 Å². The van der Waals surface area contributed by atoms with Crippen LogP contribution in [0, 0.1) is 11.7 Å². The van der Waals surface area contributed by atoms with Crippen molar-refractivity contribution in [2.24, 2.45) is 5.92 Å². The Bertz CT molecular complexity index is 1880. The Morgan fingerprint density at radius 2 is 1.77 bits per heavy atom. The van der Waals surface area contributed by atoms with Crippen molar-refractivity contribution >= 4 is 18.0 Å². The lowest BCUT2D eigenvalue weighted by Gasteiger charge is -2.33. The van der Waals surface area contributed by atoms with E-state index in [1.54, 1.807) is 26.8 Å². The summed E-state index contributed by atoms with van der Waals surface area (Å²) in [4.78, 5) is 55.8. The number of carbonyl (C=O) groups is 3. The Hall–Kier alpha value is -4.88. The molecule has 1 saturated carbocycles. The Morgan fingerprint density at radius 3 is 2.46 bits per heavy atom. The molecule has 1 saturated heterocycles. The van der Waals surface area contributed by atoms with Crippen molar-refractivity contribution in [1.29, 1.82) is 0 Å². The molecular weight excluding hydrogens is 669 g/mol. The van der Waals surface area contributed by atoms with Crippen LogP contribution >= 0.6 is 0 Å². The molecule has 52 heavy (non-hydrogen) atoms. The molecule has 0 bridgehead atoms. The second-order valence-electron chi connectivity index (χ2n) is 15.0. The van der Waals surface area contributed by atoms with Gasteiger partial charge in [0.2, 0.25) is 5.91 Å². The predicted octanol–water partition coefficient (Wildman–Crippen LogP) is 5.02. The van der Waals surface area contributed by atoms with Crippen LogP contribution in [-0.4, -0.2) is 78.9 Å². The normalized spacial score (nSPS) is 27.4. The van der Waals surface area contributed by atoms with Gasteiger partial charge in [-0.15, -0.1) is 0 Å². The van der Waals surface area contributed by atoms with E-state index in [4.69, 9.17) is 9.84 Å². The Kier molecular flexibility index (Phi) is 10.6. The number of amides is 2. The van der Waals surface area contributed by atoms with E-state index >= 15 is 0 Å². The molecule has 3 aromatic rings. The third kappa shape index (κ3) is 8.10. The number of alkyl carbamates (subject to hydrolysis) is 1. The maximum atomic E-state index is 14.5. The smallest absolute Gasteiger partial charge is 0.408 e. The van der Waals surface area contributed by atoms with Crippen molar-refractivity contribution in [2.75, 3.05) is 6.54 Å².